The number of aryl methyl sites for hydroxylation is 1. The van der Waals surface area contributed by atoms with E-state index in [2.05, 4.69) is 41.2 Å². The summed E-state index contributed by atoms with van der Waals surface area (Å²) in [4.78, 5) is 11.6. The van der Waals surface area contributed by atoms with E-state index in [0.29, 0.717) is 5.75 Å². The highest BCUT2D eigenvalue weighted by molar-refractivity contribution is 9.10. The first-order valence-corrected chi connectivity index (χ1v) is 8.14. The minimum Gasteiger partial charge on any atom is -0.483 e. The second kappa shape index (κ2) is 9.81. The molecular formula is C16H24BrNO2. The van der Waals surface area contributed by atoms with Crippen LogP contribution in [0.3, 0.4) is 0 Å². The zero-order chi connectivity index (χ0) is 14.8. The van der Waals surface area contributed by atoms with Crippen LogP contribution in [0.25, 0.3) is 0 Å². The van der Waals surface area contributed by atoms with Gasteiger partial charge in [0.05, 0.1) is 4.47 Å². The quantitative estimate of drug-likeness (QED) is 0.687. The molecule has 0 saturated carbocycles. The van der Waals surface area contributed by atoms with Crippen molar-refractivity contribution in [3.8, 4) is 5.75 Å². The summed E-state index contributed by atoms with van der Waals surface area (Å²) in [6, 6.07) is 6.01. The van der Waals surface area contributed by atoms with Gasteiger partial charge in [0.2, 0.25) is 0 Å². The van der Waals surface area contributed by atoms with Gasteiger partial charge >= 0.3 is 0 Å². The standard InChI is InChI=1S/C16H24BrNO2/c1-3-5-6-10-18-16(19)12-20-15-9-8-13(7-4-2)11-14(15)17/h8-9,11H,3-7,10,12H2,1-2H3,(H,18,19). The summed E-state index contributed by atoms with van der Waals surface area (Å²) < 4.78 is 6.43. The lowest BCUT2D eigenvalue weighted by molar-refractivity contribution is -0.123. The molecule has 0 spiro atoms. The van der Waals surface area contributed by atoms with Crippen LogP contribution in [0, 0.1) is 0 Å². The summed E-state index contributed by atoms with van der Waals surface area (Å²) in [7, 11) is 0. The van der Waals surface area contributed by atoms with Crippen molar-refractivity contribution in [2.45, 2.75) is 46.0 Å². The van der Waals surface area contributed by atoms with E-state index in [4.69, 9.17) is 4.74 Å². The number of rotatable bonds is 9. The highest BCUT2D eigenvalue weighted by Crippen LogP contribution is 2.26. The third-order valence-corrected chi connectivity index (χ3v) is 3.62. The molecule has 1 rings (SSSR count). The van der Waals surface area contributed by atoms with Gasteiger partial charge in [-0.15, -0.1) is 0 Å². The van der Waals surface area contributed by atoms with Crippen molar-refractivity contribution in [3.05, 3.63) is 28.2 Å². The van der Waals surface area contributed by atoms with Crippen LogP contribution in [0.2, 0.25) is 0 Å². The molecule has 0 heterocycles. The van der Waals surface area contributed by atoms with Gasteiger partial charge in [0.25, 0.3) is 5.91 Å². The first-order chi connectivity index (χ1) is 9.67. The van der Waals surface area contributed by atoms with Crippen LogP contribution in [0.1, 0.15) is 45.1 Å². The minimum absolute atomic E-state index is 0.0642. The highest BCUT2D eigenvalue weighted by Gasteiger charge is 2.06. The number of nitrogens with one attached hydrogen (secondary N) is 1. The summed E-state index contributed by atoms with van der Waals surface area (Å²) in [5, 5.41) is 2.86. The van der Waals surface area contributed by atoms with Gasteiger partial charge in [0.1, 0.15) is 5.75 Å². The first kappa shape index (κ1) is 17.0. The molecule has 0 aliphatic carbocycles. The van der Waals surface area contributed by atoms with Gasteiger partial charge in [-0.25, -0.2) is 0 Å². The third-order valence-electron chi connectivity index (χ3n) is 3.00. The second-order valence-electron chi connectivity index (χ2n) is 4.86. The number of unbranched alkanes of at least 4 members (excludes halogenated alkanes) is 2. The Labute approximate surface area is 130 Å². The molecule has 0 atom stereocenters. The second-order valence-corrected chi connectivity index (χ2v) is 5.71. The summed E-state index contributed by atoms with van der Waals surface area (Å²) in [5.41, 5.74) is 1.27. The molecule has 1 N–H and O–H groups in total. The highest BCUT2D eigenvalue weighted by atomic mass is 79.9. The molecule has 0 unspecified atom stereocenters. The fourth-order valence-corrected chi connectivity index (χ4v) is 2.44. The first-order valence-electron chi connectivity index (χ1n) is 7.35. The Morgan fingerprint density at radius 2 is 2.05 bits per heavy atom. The molecule has 0 aromatic heterocycles. The maximum Gasteiger partial charge on any atom is 0.257 e. The molecule has 1 aromatic rings. The number of ether oxygens (including phenoxy) is 1. The molecule has 0 saturated heterocycles. The molecule has 1 aromatic carbocycles. The van der Waals surface area contributed by atoms with Gasteiger partial charge in [-0.2, -0.15) is 0 Å². The Morgan fingerprint density at radius 1 is 1.25 bits per heavy atom. The maximum absolute atomic E-state index is 11.6. The SMILES string of the molecule is CCCCCNC(=O)COc1ccc(CCC)cc1Br. The summed E-state index contributed by atoms with van der Waals surface area (Å²) >= 11 is 3.48. The largest absolute Gasteiger partial charge is 0.483 e. The lowest BCUT2D eigenvalue weighted by atomic mass is 10.1. The van der Waals surface area contributed by atoms with Crippen molar-refractivity contribution in [2.75, 3.05) is 13.2 Å². The maximum atomic E-state index is 11.6. The Kier molecular flexibility index (Phi) is 8.35. The minimum atomic E-state index is -0.0642. The van der Waals surface area contributed by atoms with Crippen molar-refractivity contribution < 1.29 is 9.53 Å². The molecule has 3 nitrogen and oxygen atoms in total. The van der Waals surface area contributed by atoms with E-state index in [0.717, 1.165) is 43.1 Å². The smallest absolute Gasteiger partial charge is 0.257 e. The van der Waals surface area contributed by atoms with E-state index in [-0.39, 0.29) is 12.5 Å². The van der Waals surface area contributed by atoms with Crippen LogP contribution in [-0.4, -0.2) is 19.1 Å². The van der Waals surface area contributed by atoms with E-state index in [1.165, 1.54) is 5.56 Å². The Hall–Kier alpha value is -1.03. The molecule has 0 radical (unpaired) electrons. The number of halogens is 1. The zero-order valence-electron chi connectivity index (χ0n) is 12.4. The van der Waals surface area contributed by atoms with E-state index in [1.54, 1.807) is 0 Å². The van der Waals surface area contributed by atoms with E-state index >= 15 is 0 Å². The van der Waals surface area contributed by atoms with Gasteiger partial charge in [0.15, 0.2) is 6.61 Å². The van der Waals surface area contributed by atoms with Crippen molar-refractivity contribution >= 4 is 21.8 Å². The van der Waals surface area contributed by atoms with Crippen molar-refractivity contribution in [3.63, 3.8) is 0 Å². The lowest BCUT2D eigenvalue weighted by Crippen LogP contribution is -2.29. The molecule has 4 heteroatoms. The van der Waals surface area contributed by atoms with Gasteiger partial charge in [-0.05, 0) is 46.5 Å². The zero-order valence-corrected chi connectivity index (χ0v) is 14.0. The molecule has 0 aliphatic rings. The van der Waals surface area contributed by atoms with E-state index < -0.39 is 0 Å². The normalized spacial score (nSPS) is 10.3. The molecule has 1 amide bonds. The average molecular weight is 342 g/mol. The average Bonchev–Trinajstić information content (AvgIpc) is 2.43. The van der Waals surface area contributed by atoms with Crippen LogP contribution in [0.15, 0.2) is 22.7 Å². The molecule has 112 valence electrons. The third kappa shape index (κ3) is 6.42. The molecule has 20 heavy (non-hydrogen) atoms. The predicted molar refractivity (Wildman–Crippen MR) is 86.2 cm³/mol. The summed E-state index contributed by atoms with van der Waals surface area (Å²) in [5.74, 6) is 0.652. The van der Waals surface area contributed by atoms with Gasteiger partial charge < -0.3 is 10.1 Å². The molecule has 0 bridgehead atoms. The predicted octanol–water partition coefficient (Wildman–Crippen LogP) is 4.09. The van der Waals surface area contributed by atoms with Crippen molar-refractivity contribution in [1.82, 2.24) is 5.32 Å². The Morgan fingerprint density at radius 3 is 2.70 bits per heavy atom. The van der Waals surface area contributed by atoms with Crippen LogP contribution < -0.4 is 10.1 Å². The number of carbonyl (C=O) groups is 1. The number of amides is 1. The van der Waals surface area contributed by atoms with Gasteiger partial charge in [-0.3, -0.25) is 4.79 Å². The van der Waals surface area contributed by atoms with E-state index in [1.807, 2.05) is 12.1 Å². The molecule has 0 aliphatic heterocycles. The van der Waals surface area contributed by atoms with Crippen LogP contribution in [0.4, 0.5) is 0 Å². The van der Waals surface area contributed by atoms with E-state index in [9.17, 15) is 4.79 Å². The number of hydrogen-bond acceptors (Lipinski definition) is 2. The summed E-state index contributed by atoms with van der Waals surface area (Å²) in [6.45, 7) is 5.09. The molecule has 0 fully saturated rings. The van der Waals surface area contributed by atoms with Crippen LogP contribution >= 0.6 is 15.9 Å². The number of carbonyl (C=O) groups excluding carboxylic acids is 1. The fourth-order valence-electron chi connectivity index (χ4n) is 1.90. The lowest BCUT2D eigenvalue weighted by Gasteiger charge is -2.10. The monoisotopic (exact) mass is 341 g/mol. The fraction of sp³-hybridized carbons (Fsp3) is 0.562. The van der Waals surface area contributed by atoms with Gasteiger partial charge in [0, 0.05) is 6.54 Å². The molecular weight excluding hydrogens is 318 g/mol. The Balaban J connectivity index is 2.35. The summed E-state index contributed by atoms with van der Waals surface area (Å²) in [6.07, 6.45) is 5.50. The topological polar surface area (TPSA) is 38.3 Å². The number of benzene rings is 1. The van der Waals surface area contributed by atoms with Crippen LogP contribution in [-0.2, 0) is 11.2 Å². The van der Waals surface area contributed by atoms with Crippen molar-refractivity contribution in [2.24, 2.45) is 0 Å². The Bertz CT molecular complexity index is 421. The van der Waals surface area contributed by atoms with Crippen molar-refractivity contribution in [1.29, 1.82) is 0 Å². The number of hydrogen-bond donors (Lipinski definition) is 1. The van der Waals surface area contributed by atoms with Crippen LogP contribution in [0.5, 0.6) is 5.75 Å². The van der Waals surface area contributed by atoms with Gasteiger partial charge in [-0.1, -0.05) is 39.2 Å².